The number of fused-ring (bicyclic) bond motifs is 2. The molecule has 4 aliphatic carbocycles. The van der Waals surface area contributed by atoms with Crippen molar-refractivity contribution in [1.29, 1.82) is 0 Å². The zero-order valence-electron chi connectivity index (χ0n) is 16.9. The number of methoxy groups -OCH3 is 1. The number of ether oxygens (including phenoxy) is 2. The Kier molecular flexibility index (Phi) is 3.36. The van der Waals surface area contributed by atoms with Gasteiger partial charge in [-0.15, -0.1) is 0 Å². The quantitative estimate of drug-likeness (QED) is 0.829. The van der Waals surface area contributed by atoms with Gasteiger partial charge in [0, 0.05) is 37.1 Å². The Hall–Kier alpha value is -0.680. The first kappa shape index (κ1) is 17.2. The van der Waals surface area contributed by atoms with E-state index in [4.69, 9.17) is 15.2 Å². The minimum Gasteiger partial charge on any atom is -0.374 e. The van der Waals surface area contributed by atoms with E-state index in [9.17, 15) is 0 Å². The van der Waals surface area contributed by atoms with E-state index in [-0.39, 0.29) is 22.2 Å². The number of hydrogen-bond donors (Lipinski definition) is 1. The normalized spacial score (nSPS) is 51.3. The Bertz CT molecular complexity index is 731. The van der Waals surface area contributed by atoms with Crippen molar-refractivity contribution >= 4 is 0 Å². The predicted octanol–water partition coefficient (Wildman–Crippen LogP) is 3.17. The van der Waals surface area contributed by atoms with Crippen LogP contribution in [0.25, 0.3) is 0 Å². The molecule has 3 saturated heterocycles. The van der Waals surface area contributed by atoms with Gasteiger partial charge in [-0.2, -0.15) is 0 Å². The van der Waals surface area contributed by atoms with E-state index >= 15 is 0 Å². The van der Waals surface area contributed by atoms with Crippen LogP contribution in [0.1, 0.15) is 58.3 Å². The zero-order valence-corrected chi connectivity index (χ0v) is 16.9. The molecule has 7 aliphatic rings. The van der Waals surface area contributed by atoms with E-state index in [1.807, 2.05) is 7.11 Å². The van der Waals surface area contributed by atoms with Crippen molar-refractivity contribution in [3.8, 4) is 0 Å². The molecule has 7 rings (SSSR count). The molecule has 2 N–H and O–H groups in total. The van der Waals surface area contributed by atoms with Crippen LogP contribution in [0.15, 0.2) is 23.3 Å². The van der Waals surface area contributed by atoms with Gasteiger partial charge in [0.1, 0.15) is 0 Å². The van der Waals surface area contributed by atoms with Gasteiger partial charge in [-0.05, 0) is 69.9 Å². The van der Waals surface area contributed by atoms with Crippen molar-refractivity contribution < 1.29 is 9.47 Å². The summed E-state index contributed by atoms with van der Waals surface area (Å²) in [5.41, 5.74) is 9.86. The SMILES string of the molecule is COC1(C)C=CC2=C(C1)[C@]13CCN(CC4CC4)[C@H](C2)[C@]12CC[C@@](N)(CO2)C3. The summed E-state index contributed by atoms with van der Waals surface area (Å²) in [6, 6.07) is 0.534. The van der Waals surface area contributed by atoms with Gasteiger partial charge in [-0.25, -0.2) is 0 Å². The van der Waals surface area contributed by atoms with E-state index in [2.05, 4.69) is 24.0 Å². The predicted molar refractivity (Wildman–Crippen MR) is 105 cm³/mol. The molecular formula is C23H34N2O2. The highest BCUT2D eigenvalue weighted by atomic mass is 16.5. The molecule has 2 saturated carbocycles. The molecule has 3 heterocycles. The molecular weight excluding hydrogens is 336 g/mol. The lowest BCUT2D eigenvalue weighted by Gasteiger charge is -2.72. The third-order valence-corrected chi connectivity index (χ3v) is 9.08. The van der Waals surface area contributed by atoms with Gasteiger partial charge in [0.25, 0.3) is 0 Å². The van der Waals surface area contributed by atoms with E-state index in [0.717, 1.165) is 44.6 Å². The van der Waals surface area contributed by atoms with Crippen LogP contribution in [-0.4, -0.2) is 54.5 Å². The number of likely N-dealkylation sites (tertiary alicyclic amines) is 1. The van der Waals surface area contributed by atoms with Gasteiger partial charge in [0.2, 0.25) is 0 Å². The maximum Gasteiger partial charge on any atom is 0.0935 e. The molecule has 1 spiro atoms. The highest BCUT2D eigenvalue weighted by molar-refractivity contribution is 5.47. The Morgan fingerprint density at radius 3 is 2.85 bits per heavy atom. The van der Waals surface area contributed by atoms with E-state index in [1.54, 1.807) is 11.1 Å². The fraction of sp³-hybridized carbons (Fsp3) is 0.826. The van der Waals surface area contributed by atoms with Gasteiger partial charge in [0.05, 0.1) is 17.8 Å². The van der Waals surface area contributed by atoms with Crippen LogP contribution in [0.4, 0.5) is 0 Å². The second-order valence-electron chi connectivity index (χ2n) is 10.7. The second-order valence-corrected chi connectivity index (χ2v) is 10.7. The first-order valence-corrected chi connectivity index (χ1v) is 11.0. The Balaban J connectivity index is 1.48. The lowest BCUT2D eigenvalue weighted by molar-refractivity contribution is -0.276. The lowest BCUT2D eigenvalue weighted by atomic mass is 9.44. The highest BCUT2D eigenvalue weighted by Crippen LogP contribution is 2.68. The van der Waals surface area contributed by atoms with Gasteiger partial charge in [0.15, 0.2) is 0 Å². The summed E-state index contributed by atoms with van der Waals surface area (Å²) in [4.78, 5) is 2.81. The lowest BCUT2D eigenvalue weighted by Crippen LogP contribution is -2.79. The number of nitrogens with zero attached hydrogens (tertiary/aromatic N) is 1. The van der Waals surface area contributed by atoms with Crippen molar-refractivity contribution in [2.75, 3.05) is 26.8 Å². The number of hydrogen-bond acceptors (Lipinski definition) is 4. The molecule has 0 aromatic heterocycles. The first-order chi connectivity index (χ1) is 12.9. The van der Waals surface area contributed by atoms with Crippen molar-refractivity contribution in [2.24, 2.45) is 17.1 Å². The number of rotatable bonds is 3. The number of nitrogens with two attached hydrogens (primary N) is 1. The van der Waals surface area contributed by atoms with E-state index in [0.29, 0.717) is 6.04 Å². The molecule has 5 fully saturated rings. The topological polar surface area (TPSA) is 47.7 Å². The summed E-state index contributed by atoms with van der Waals surface area (Å²) in [5, 5.41) is 0. The molecule has 0 amide bonds. The molecule has 0 radical (unpaired) electrons. The summed E-state index contributed by atoms with van der Waals surface area (Å²) in [6.45, 7) is 5.47. The summed E-state index contributed by atoms with van der Waals surface area (Å²) >= 11 is 0. The molecule has 3 aliphatic heterocycles. The van der Waals surface area contributed by atoms with Crippen molar-refractivity contribution in [3.63, 3.8) is 0 Å². The van der Waals surface area contributed by atoms with Gasteiger partial charge in [-0.1, -0.05) is 17.7 Å². The number of allylic oxidation sites excluding steroid dienone is 1. The Morgan fingerprint density at radius 2 is 2.15 bits per heavy atom. The van der Waals surface area contributed by atoms with Crippen molar-refractivity contribution in [3.05, 3.63) is 23.3 Å². The van der Waals surface area contributed by atoms with Crippen LogP contribution >= 0.6 is 0 Å². The van der Waals surface area contributed by atoms with Crippen LogP contribution in [0.3, 0.4) is 0 Å². The molecule has 1 unspecified atom stereocenters. The summed E-state index contributed by atoms with van der Waals surface area (Å²) in [7, 11) is 1.85. The fourth-order valence-corrected chi connectivity index (χ4v) is 7.36. The molecule has 4 nitrogen and oxygen atoms in total. The Morgan fingerprint density at radius 1 is 1.30 bits per heavy atom. The molecule has 27 heavy (non-hydrogen) atoms. The maximum atomic E-state index is 6.87. The van der Waals surface area contributed by atoms with Crippen LogP contribution in [0, 0.1) is 11.3 Å². The maximum absolute atomic E-state index is 6.87. The number of piperidine rings is 1. The molecule has 5 atom stereocenters. The third kappa shape index (κ3) is 2.19. The zero-order chi connectivity index (χ0) is 18.5. The minimum absolute atomic E-state index is 0.0140. The summed E-state index contributed by atoms with van der Waals surface area (Å²) in [5.74, 6) is 0.934. The van der Waals surface area contributed by atoms with Crippen molar-refractivity contribution in [2.45, 2.75) is 81.1 Å². The molecule has 4 bridgehead atoms. The van der Waals surface area contributed by atoms with Crippen LogP contribution in [0.5, 0.6) is 0 Å². The monoisotopic (exact) mass is 370 g/mol. The van der Waals surface area contributed by atoms with Crippen LogP contribution in [-0.2, 0) is 9.47 Å². The van der Waals surface area contributed by atoms with Crippen LogP contribution < -0.4 is 5.73 Å². The average Bonchev–Trinajstić information content (AvgIpc) is 3.48. The van der Waals surface area contributed by atoms with Gasteiger partial charge < -0.3 is 15.2 Å². The minimum atomic E-state index is -0.189. The standard InChI is InChI=1S/C23H34N2O2/c1-20(26-2)6-5-17-11-19-23-8-7-21(24,15-27-23)14-22(23,18(17)12-20)9-10-25(19)13-16-3-4-16/h5-6,16,19H,3-4,7-15,24H2,1-2H3/t19-,20?,21+,22-,23-/m1/s1. The summed E-state index contributed by atoms with van der Waals surface area (Å²) in [6.07, 6.45) is 14.3. The third-order valence-electron chi connectivity index (χ3n) is 9.08. The van der Waals surface area contributed by atoms with Crippen LogP contribution in [0.2, 0.25) is 0 Å². The van der Waals surface area contributed by atoms with E-state index in [1.165, 1.54) is 32.4 Å². The second kappa shape index (κ2) is 5.27. The molecule has 148 valence electrons. The molecule has 4 heteroatoms. The largest absolute Gasteiger partial charge is 0.374 e. The Labute approximate surface area is 163 Å². The summed E-state index contributed by atoms with van der Waals surface area (Å²) < 4.78 is 12.8. The smallest absolute Gasteiger partial charge is 0.0935 e. The molecule has 0 aromatic carbocycles. The fourth-order valence-electron chi connectivity index (χ4n) is 7.36. The highest BCUT2D eigenvalue weighted by Gasteiger charge is 2.71. The first-order valence-electron chi connectivity index (χ1n) is 11.0. The van der Waals surface area contributed by atoms with Crippen molar-refractivity contribution in [1.82, 2.24) is 4.90 Å². The van der Waals surface area contributed by atoms with Gasteiger partial charge in [-0.3, -0.25) is 4.90 Å². The average molecular weight is 371 g/mol. The van der Waals surface area contributed by atoms with Gasteiger partial charge >= 0.3 is 0 Å². The van der Waals surface area contributed by atoms with E-state index < -0.39 is 0 Å². The molecule has 0 aromatic rings.